The summed E-state index contributed by atoms with van der Waals surface area (Å²) in [6, 6.07) is 17.9. The molecule has 2 aromatic carbocycles. The molecule has 0 bridgehead atoms. The fourth-order valence-corrected chi connectivity index (χ4v) is 2.46. The normalized spacial score (nSPS) is 12.4. The molecule has 0 fully saturated rings. The minimum Gasteiger partial charge on any atom is -0.387 e. The predicted octanol–water partition coefficient (Wildman–Crippen LogP) is 3.06. The highest BCUT2D eigenvalue weighted by atomic mass is 16.3. The Hall–Kier alpha value is -2.23. The van der Waals surface area contributed by atoms with Crippen LogP contribution in [0.3, 0.4) is 0 Å². The van der Waals surface area contributed by atoms with Gasteiger partial charge < -0.3 is 10.4 Å². The molecule has 0 saturated heterocycles. The molecule has 3 heteroatoms. The Kier molecular flexibility index (Phi) is 4.24. The van der Waals surface area contributed by atoms with Crippen LogP contribution in [0.2, 0.25) is 0 Å². The molecule has 0 aliphatic rings. The van der Waals surface area contributed by atoms with Crippen molar-refractivity contribution < 1.29 is 5.11 Å². The Morgan fingerprint density at radius 3 is 2.57 bits per heavy atom. The highest BCUT2D eigenvalue weighted by molar-refractivity contribution is 5.84. The molecule has 3 aromatic rings. The Morgan fingerprint density at radius 1 is 0.952 bits per heavy atom. The zero-order valence-electron chi connectivity index (χ0n) is 11.7. The van der Waals surface area contributed by atoms with Crippen LogP contribution in [0.5, 0.6) is 0 Å². The van der Waals surface area contributed by atoms with Crippen molar-refractivity contribution in [3.8, 4) is 0 Å². The van der Waals surface area contributed by atoms with Gasteiger partial charge in [-0.2, -0.15) is 0 Å². The Morgan fingerprint density at radius 2 is 1.71 bits per heavy atom. The van der Waals surface area contributed by atoms with Crippen molar-refractivity contribution in [3.05, 3.63) is 78.1 Å². The summed E-state index contributed by atoms with van der Waals surface area (Å²) < 4.78 is 0. The van der Waals surface area contributed by atoms with Crippen LogP contribution in [-0.2, 0) is 6.54 Å². The summed E-state index contributed by atoms with van der Waals surface area (Å²) in [5, 5.41) is 15.8. The molecule has 0 spiro atoms. The summed E-state index contributed by atoms with van der Waals surface area (Å²) >= 11 is 0. The number of aliphatic hydroxyl groups excluding tert-OH is 1. The van der Waals surface area contributed by atoms with E-state index < -0.39 is 6.10 Å². The van der Waals surface area contributed by atoms with Crippen molar-refractivity contribution in [1.82, 2.24) is 10.3 Å². The second-order valence-corrected chi connectivity index (χ2v) is 5.08. The molecular weight excluding hydrogens is 260 g/mol. The van der Waals surface area contributed by atoms with Crippen LogP contribution < -0.4 is 5.32 Å². The van der Waals surface area contributed by atoms with Crippen molar-refractivity contribution in [3.63, 3.8) is 0 Å². The van der Waals surface area contributed by atoms with Gasteiger partial charge in [-0.15, -0.1) is 0 Å². The smallest absolute Gasteiger partial charge is 0.0914 e. The third-order valence-corrected chi connectivity index (χ3v) is 3.59. The van der Waals surface area contributed by atoms with E-state index in [0.717, 1.165) is 16.5 Å². The zero-order valence-corrected chi connectivity index (χ0v) is 11.7. The quantitative estimate of drug-likeness (QED) is 0.754. The van der Waals surface area contributed by atoms with Gasteiger partial charge in [0.2, 0.25) is 0 Å². The Balaban J connectivity index is 1.65. The largest absolute Gasteiger partial charge is 0.387 e. The summed E-state index contributed by atoms with van der Waals surface area (Å²) in [5.74, 6) is 0. The molecule has 0 saturated carbocycles. The first-order valence-corrected chi connectivity index (χ1v) is 7.10. The van der Waals surface area contributed by atoms with Crippen molar-refractivity contribution in [1.29, 1.82) is 0 Å². The molecular formula is C18H18N2O. The van der Waals surface area contributed by atoms with Gasteiger partial charge in [0, 0.05) is 30.9 Å². The molecule has 1 unspecified atom stereocenters. The van der Waals surface area contributed by atoms with Crippen LogP contribution in [0.4, 0.5) is 0 Å². The Bertz CT molecular complexity index is 707. The molecule has 0 aliphatic carbocycles. The van der Waals surface area contributed by atoms with E-state index in [1.165, 1.54) is 5.39 Å². The van der Waals surface area contributed by atoms with Gasteiger partial charge in [-0.3, -0.25) is 4.98 Å². The average molecular weight is 278 g/mol. The maximum atomic E-state index is 10.1. The van der Waals surface area contributed by atoms with E-state index in [1.807, 2.05) is 54.9 Å². The summed E-state index contributed by atoms with van der Waals surface area (Å²) in [6.07, 6.45) is 3.26. The zero-order chi connectivity index (χ0) is 14.5. The summed E-state index contributed by atoms with van der Waals surface area (Å²) in [7, 11) is 0. The van der Waals surface area contributed by atoms with Crippen molar-refractivity contribution in [2.75, 3.05) is 6.54 Å². The highest BCUT2D eigenvalue weighted by Gasteiger charge is 2.07. The van der Waals surface area contributed by atoms with Crippen molar-refractivity contribution >= 4 is 10.8 Å². The number of nitrogens with one attached hydrogen (secondary N) is 1. The topological polar surface area (TPSA) is 45.1 Å². The van der Waals surface area contributed by atoms with Crippen molar-refractivity contribution in [2.45, 2.75) is 12.6 Å². The number of rotatable bonds is 5. The van der Waals surface area contributed by atoms with Gasteiger partial charge in [0.1, 0.15) is 0 Å². The van der Waals surface area contributed by atoms with E-state index >= 15 is 0 Å². The van der Waals surface area contributed by atoms with Gasteiger partial charge in [0.25, 0.3) is 0 Å². The minimum atomic E-state index is -0.492. The minimum absolute atomic E-state index is 0.492. The number of aliphatic hydroxyl groups is 1. The number of benzene rings is 2. The summed E-state index contributed by atoms with van der Waals surface area (Å²) in [5.41, 5.74) is 2.08. The number of hydrogen-bond donors (Lipinski definition) is 2. The third-order valence-electron chi connectivity index (χ3n) is 3.59. The SMILES string of the molecule is OC(CNCc1cncc2ccccc12)c1ccccc1. The predicted molar refractivity (Wildman–Crippen MR) is 84.9 cm³/mol. The van der Waals surface area contributed by atoms with Crippen molar-refractivity contribution in [2.24, 2.45) is 0 Å². The number of aromatic nitrogens is 1. The Labute approximate surface area is 124 Å². The standard InChI is InChI=1S/C18H18N2O/c21-18(14-6-2-1-3-7-14)13-20-12-16-11-19-10-15-8-4-5-9-17(15)16/h1-11,18,20-21H,12-13H2. The molecule has 3 nitrogen and oxygen atoms in total. The van der Waals surface area contributed by atoms with E-state index in [2.05, 4.69) is 22.4 Å². The third kappa shape index (κ3) is 3.27. The van der Waals surface area contributed by atoms with Gasteiger partial charge in [-0.1, -0.05) is 54.6 Å². The van der Waals surface area contributed by atoms with E-state index in [-0.39, 0.29) is 0 Å². The lowest BCUT2D eigenvalue weighted by Gasteiger charge is -2.13. The molecule has 0 aliphatic heterocycles. The summed E-state index contributed by atoms with van der Waals surface area (Å²) in [6.45, 7) is 1.21. The maximum Gasteiger partial charge on any atom is 0.0914 e. The molecule has 106 valence electrons. The molecule has 1 aromatic heterocycles. The molecule has 21 heavy (non-hydrogen) atoms. The lowest BCUT2D eigenvalue weighted by atomic mass is 10.1. The second kappa shape index (κ2) is 6.48. The van der Waals surface area contributed by atoms with Gasteiger partial charge in [-0.05, 0) is 16.5 Å². The van der Waals surface area contributed by atoms with Gasteiger partial charge in [0.05, 0.1) is 6.10 Å². The first kappa shape index (κ1) is 13.7. The monoisotopic (exact) mass is 278 g/mol. The van der Waals surface area contributed by atoms with Gasteiger partial charge in [0.15, 0.2) is 0 Å². The van der Waals surface area contributed by atoms with Gasteiger partial charge >= 0.3 is 0 Å². The highest BCUT2D eigenvalue weighted by Crippen LogP contribution is 2.17. The van der Waals surface area contributed by atoms with E-state index in [9.17, 15) is 5.11 Å². The molecule has 3 rings (SSSR count). The van der Waals surface area contributed by atoms with Crippen LogP contribution in [0.15, 0.2) is 67.0 Å². The maximum absolute atomic E-state index is 10.1. The first-order chi connectivity index (χ1) is 10.3. The van der Waals surface area contributed by atoms with Crippen LogP contribution >= 0.6 is 0 Å². The fraction of sp³-hybridized carbons (Fsp3) is 0.167. The van der Waals surface area contributed by atoms with Crippen LogP contribution in [0, 0.1) is 0 Å². The van der Waals surface area contributed by atoms with E-state index in [1.54, 1.807) is 0 Å². The second-order valence-electron chi connectivity index (χ2n) is 5.08. The molecule has 1 heterocycles. The average Bonchev–Trinajstić information content (AvgIpc) is 2.56. The molecule has 2 N–H and O–H groups in total. The molecule has 0 radical (unpaired) electrons. The van der Waals surface area contributed by atoms with Crippen LogP contribution in [0.25, 0.3) is 10.8 Å². The number of pyridine rings is 1. The van der Waals surface area contributed by atoms with Crippen LogP contribution in [0.1, 0.15) is 17.2 Å². The van der Waals surface area contributed by atoms with Gasteiger partial charge in [-0.25, -0.2) is 0 Å². The molecule has 0 amide bonds. The number of nitrogens with zero attached hydrogens (tertiary/aromatic N) is 1. The van der Waals surface area contributed by atoms with Crippen LogP contribution in [-0.4, -0.2) is 16.6 Å². The first-order valence-electron chi connectivity index (χ1n) is 7.10. The number of hydrogen-bond acceptors (Lipinski definition) is 3. The summed E-state index contributed by atoms with van der Waals surface area (Å²) in [4.78, 5) is 4.27. The molecule has 1 atom stereocenters. The number of fused-ring (bicyclic) bond motifs is 1. The van der Waals surface area contributed by atoms with E-state index in [4.69, 9.17) is 0 Å². The fourth-order valence-electron chi connectivity index (χ4n) is 2.46. The lowest BCUT2D eigenvalue weighted by Crippen LogP contribution is -2.21. The lowest BCUT2D eigenvalue weighted by molar-refractivity contribution is 0.174. The van der Waals surface area contributed by atoms with E-state index in [0.29, 0.717) is 13.1 Å².